The van der Waals surface area contributed by atoms with Crippen LogP contribution >= 0.6 is 0 Å². The van der Waals surface area contributed by atoms with Gasteiger partial charge in [-0.15, -0.1) is 0 Å². The number of amides is 2. The van der Waals surface area contributed by atoms with Gasteiger partial charge in [0.1, 0.15) is 11.5 Å². The topological polar surface area (TPSA) is 92.4 Å². The van der Waals surface area contributed by atoms with E-state index in [2.05, 4.69) is 26.5 Å². The first-order chi connectivity index (χ1) is 17.0. The van der Waals surface area contributed by atoms with Gasteiger partial charge in [0.15, 0.2) is 0 Å². The number of nitrogens with one attached hydrogen (secondary N) is 2. The highest BCUT2D eigenvalue weighted by atomic mass is 16.5. The molecule has 186 valence electrons. The molecule has 1 atom stereocenters. The number of rotatable bonds is 8. The van der Waals surface area contributed by atoms with Crippen LogP contribution in [0.25, 0.3) is 0 Å². The fraction of sp³-hybridized carbons (Fsp3) is 0.385. The Kier molecular flexibility index (Phi) is 7.77. The number of benzene rings is 2. The number of ether oxygens (including phenoxy) is 3. The fourth-order valence-electron chi connectivity index (χ4n) is 4.59. The van der Waals surface area contributed by atoms with Crippen LogP contribution in [0.5, 0.6) is 11.5 Å². The van der Waals surface area contributed by atoms with Crippen LogP contribution in [0, 0.1) is 0 Å². The SMILES string of the molecule is CCOC(=O)C1=C(CN2CCN(c3ccccc3OC)CC2)NC(=O)N[C@@H]1c1ccccc1OC. The molecule has 2 aromatic rings. The number of anilines is 1. The molecule has 2 aromatic carbocycles. The minimum atomic E-state index is -0.677. The van der Waals surface area contributed by atoms with Gasteiger partial charge in [0, 0.05) is 44.0 Å². The van der Waals surface area contributed by atoms with E-state index in [1.807, 2.05) is 42.5 Å². The van der Waals surface area contributed by atoms with Gasteiger partial charge in [0.2, 0.25) is 0 Å². The molecule has 0 aromatic heterocycles. The summed E-state index contributed by atoms with van der Waals surface area (Å²) >= 11 is 0. The molecule has 0 spiro atoms. The monoisotopic (exact) mass is 480 g/mol. The minimum Gasteiger partial charge on any atom is -0.496 e. The second-order valence-corrected chi connectivity index (χ2v) is 8.32. The van der Waals surface area contributed by atoms with Crippen LogP contribution in [-0.4, -0.2) is 70.5 Å². The molecule has 9 heteroatoms. The van der Waals surface area contributed by atoms with Crippen LogP contribution in [0.3, 0.4) is 0 Å². The van der Waals surface area contributed by atoms with E-state index in [4.69, 9.17) is 14.2 Å². The highest BCUT2D eigenvalue weighted by molar-refractivity contribution is 5.95. The summed E-state index contributed by atoms with van der Waals surface area (Å²) < 4.78 is 16.4. The first-order valence-electron chi connectivity index (χ1n) is 11.8. The fourth-order valence-corrected chi connectivity index (χ4v) is 4.59. The molecule has 4 rings (SSSR count). The molecule has 9 nitrogen and oxygen atoms in total. The molecular weight excluding hydrogens is 448 g/mol. The Bertz CT molecular complexity index is 1090. The van der Waals surface area contributed by atoms with E-state index >= 15 is 0 Å². The standard InChI is InChI=1S/C26H32N4O5/c1-4-35-25(31)23-19(27-26(32)28-24(23)18-9-5-7-11-21(18)33-2)17-29-13-15-30(16-14-29)20-10-6-8-12-22(20)34-3/h5-12,24H,4,13-17H2,1-3H3,(H2,27,28,32)/t24-/m1/s1. The van der Waals surface area contributed by atoms with Crippen LogP contribution in [0.1, 0.15) is 18.5 Å². The predicted molar refractivity (Wildman–Crippen MR) is 133 cm³/mol. The lowest BCUT2D eigenvalue weighted by molar-refractivity contribution is -0.139. The molecule has 0 bridgehead atoms. The lowest BCUT2D eigenvalue weighted by Crippen LogP contribution is -2.52. The summed E-state index contributed by atoms with van der Waals surface area (Å²) in [6.45, 7) is 5.55. The average Bonchev–Trinajstić information content (AvgIpc) is 2.89. The highest BCUT2D eigenvalue weighted by Crippen LogP contribution is 2.34. The van der Waals surface area contributed by atoms with Crippen molar-refractivity contribution < 1.29 is 23.8 Å². The van der Waals surface area contributed by atoms with Crippen LogP contribution in [0.4, 0.5) is 10.5 Å². The first-order valence-corrected chi connectivity index (χ1v) is 11.8. The summed E-state index contributed by atoms with van der Waals surface area (Å²) in [5.41, 5.74) is 2.70. The largest absolute Gasteiger partial charge is 0.496 e. The van der Waals surface area contributed by atoms with Gasteiger partial charge in [-0.1, -0.05) is 30.3 Å². The summed E-state index contributed by atoms with van der Waals surface area (Å²) in [5, 5.41) is 5.74. The Hall–Kier alpha value is -3.72. The van der Waals surface area contributed by atoms with E-state index in [1.165, 1.54) is 0 Å². The Balaban J connectivity index is 1.58. The molecule has 0 aliphatic carbocycles. The molecule has 2 amide bonds. The van der Waals surface area contributed by atoms with Crippen molar-refractivity contribution in [1.82, 2.24) is 15.5 Å². The van der Waals surface area contributed by atoms with Gasteiger partial charge < -0.3 is 29.7 Å². The van der Waals surface area contributed by atoms with Crippen molar-refractivity contribution in [2.45, 2.75) is 13.0 Å². The number of hydrogen-bond acceptors (Lipinski definition) is 7. The number of carbonyl (C=O) groups excluding carboxylic acids is 2. The molecule has 1 saturated heterocycles. The zero-order valence-corrected chi connectivity index (χ0v) is 20.4. The molecular formula is C26H32N4O5. The minimum absolute atomic E-state index is 0.236. The lowest BCUT2D eigenvalue weighted by atomic mass is 9.94. The number of methoxy groups -OCH3 is 2. The maximum Gasteiger partial charge on any atom is 0.338 e. The van der Waals surface area contributed by atoms with Gasteiger partial charge in [0.25, 0.3) is 0 Å². The lowest BCUT2D eigenvalue weighted by Gasteiger charge is -2.38. The van der Waals surface area contributed by atoms with Gasteiger partial charge >= 0.3 is 12.0 Å². The maximum absolute atomic E-state index is 13.1. The zero-order chi connectivity index (χ0) is 24.8. The van der Waals surface area contributed by atoms with E-state index in [0.29, 0.717) is 29.1 Å². The summed E-state index contributed by atoms with van der Waals surface area (Å²) in [7, 11) is 3.24. The van der Waals surface area contributed by atoms with Crippen molar-refractivity contribution in [1.29, 1.82) is 0 Å². The summed E-state index contributed by atoms with van der Waals surface area (Å²) in [6.07, 6.45) is 0. The molecule has 0 radical (unpaired) electrons. The third-order valence-corrected chi connectivity index (χ3v) is 6.28. The van der Waals surface area contributed by atoms with E-state index in [9.17, 15) is 9.59 Å². The van der Waals surface area contributed by atoms with Gasteiger partial charge in [-0.05, 0) is 25.1 Å². The number of hydrogen-bond donors (Lipinski definition) is 2. The van der Waals surface area contributed by atoms with Crippen molar-refractivity contribution in [3.63, 3.8) is 0 Å². The Labute approximate surface area is 205 Å². The second kappa shape index (κ2) is 11.1. The molecule has 2 N–H and O–H groups in total. The van der Waals surface area contributed by atoms with Gasteiger partial charge in [-0.2, -0.15) is 0 Å². The van der Waals surface area contributed by atoms with Gasteiger partial charge in [0.05, 0.1) is 38.1 Å². The number of esters is 1. The quantitative estimate of drug-likeness (QED) is 0.562. The Morgan fingerprint density at radius 2 is 1.63 bits per heavy atom. The number of carbonyl (C=O) groups is 2. The van der Waals surface area contributed by atoms with E-state index < -0.39 is 12.0 Å². The summed E-state index contributed by atoms with van der Waals surface area (Å²) in [6, 6.07) is 14.3. The first kappa shape index (κ1) is 24.4. The van der Waals surface area contributed by atoms with Gasteiger partial charge in [-0.3, -0.25) is 4.90 Å². The zero-order valence-electron chi connectivity index (χ0n) is 20.4. The highest BCUT2D eigenvalue weighted by Gasteiger charge is 2.36. The van der Waals surface area contributed by atoms with E-state index in [-0.39, 0.29) is 12.6 Å². The Morgan fingerprint density at radius 1 is 0.971 bits per heavy atom. The molecule has 2 heterocycles. The number of para-hydroxylation sites is 3. The molecule has 0 saturated carbocycles. The number of piperazine rings is 1. The third kappa shape index (κ3) is 5.35. The summed E-state index contributed by atoms with van der Waals surface area (Å²) in [4.78, 5) is 30.3. The third-order valence-electron chi connectivity index (χ3n) is 6.28. The van der Waals surface area contributed by atoms with E-state index in [1.54, 1.807) is 21.1 Å². The maximum atomic E-state index is 13.1. The van der Waals surface area contributed by atoms with Crippen molar-refractivity contribution in [2.24, 2.45) is 0 Å². The van der Waals surface area contributed by atoms with Crippen LogP contribution < -0.4 is 25.0 Å². The van der Waals surface area contributed by atoms with Crippen LogP contribution in [0.15, 0.2) is 59.8 Å². The van der Waals surface area contributed by atoms with Crippen LogP contribution in [0.2, 0.25) is 0 Å². The summed E-state index contributed by atoms with van der Waals surface area (Å²) in [5.74, 6) is 0.975. The molecule has 2 aliphatic rings. The predicted octanol–water partition coefficient (Wildman–Crippen LogP) is 2.70. The average molecular weight is 481 g/mol. The molecule has 35 heavy (non-hydrogen) atoms. The molecule has 1 fully saturated rings. The second-order valence-electron chi connectivity index (χ2n) is 8.32. The number of nitrogens with zero attached hydrogens (tertiary/aromatic N) is 2. The van der Waals surface area contributed by atoms with Crippen molar-refractivity contribution in [3.8, 4) is 11.5 Å². The normalized spacial score (nSPS) is 18.5. The molecule has 0 unspecified atom stereocenters. The van der Waals surface area contributed by atoms with Crippen molar-refractivity contribution in [2.75, 3.05) is 58.5 Å². The van der Waals surface area contributed by atoms with Crippen LogP contribution in [-0.2, 0) is 9.53 Å². The van der Waals surface area contributed by atoms with E-state index in [0.717, 1.165) is 37.6 Å². The van der Waals surface area contributed by atoms with Crippen molar-refractivity contribution >= 4 is 17.7 Å². The van der Waals surface area contributed by atoms with Gasteiger partial charge in [-0.25, -0.2) is 9.59 Å². The molecule has 2 aliphatic heterocycles. The number of urea groups is 1. The Morgan fingerprint density at radius 3 is 2.31 bits per heavy atom. The van der Waals surface area contributed by atoms with Crippen molar-refractivity contribution in [3.05, 3.63) is 65.4 Å². The smallest absolute Gasteiger partial charge is 0.338 e.